The molecule has 1 fully saturated rings. The Morgan fingerprint density at radius 1 is 1.48 bits per heavy atom. The van der Waals surface area contributed by atoms with Crippen LogP contribution in [0.2, 0.25) is 0 Å². The summed E-state index contributed by atoms with van der Waals surface area (Å²) in [6.07, 6.45) is 2.02. The molecule has 4 nitrogen and oxygen atoms in total. The Labute approximate surface area is 141 Å². The molecule has 0 spiro atoms. The first-order valence-electron chi connectivity index (χ1n) is 8.23. The number of carbonyl (C=O) groups excluding carboxylic acids is 1. The van der Waals surface area contributed by atoms with E-state index in [0.717, 1.165) is 54.3 Å². The third kappa shape index (κ3) is 3.62. The van der Waals surface area contributed by atoms with Crippen molar-refractivity contribution in [3.8, 4) is 10.6 Å². The minimum absolute atomic E-state index is 0.135. The maximum Gasteiger partial charge on any atom is 0.254 e. The molecule has 0 aliphatic carbocycles. The number of benzene rings is 1. The van der Waals surface area contributed by atoms with Crippen LogP contribution in [0.25, 0.3) is 10.6 Å². The molecule has 1 aliphatic rings. The molecule has 1 aromatic heterocycles. The molecule has 0 bridgehead atoms. The van der Waals surface area contributed by atoms with E-state index in [0.29, 0.717) is 6.04 Å². The van der Waals surface area contributed by atoms with Crippen LogP contribution >= 0.6 is 11.3 Å². The van der Waals surface area contributed by atoms with Crippen LogP contribution in [0.4, 0.5) is 0 Å². The molecule has 1 atom stereocenters. The van der Waals surface area contributed by atoms with Crippen LogP contribution in [0.1, 0.15) is 35.8 Å². The minimum atomic E-state index is 0.135. The van der Waals surface area contributed by atoms with Crippen LogP contribution in [0.15, 0.2) is 29.6 Å². The highest BCUT2D eigenvalue weighted by Gasteiger charge is 2.26. The van der Waals surface area contributed by atoms with E-state index in [2.05, 4.69) is 17.2 Å². The predicted octanol–water partition coefficient (Wildman–Crippen LogP) is 3.33. The molecule has 1 unspecified atom stereocenters. The number of rotatable bonds is 5. The summed E-state index contributed by atoms with van der Waals surface area (Å²) in [5.41, 5.74) is 2.80. The van der Waals surface area contributed by atoms with Gasteiger partial charge < -0.3 is 10.2 Å². The lowest BCUT2D eigenvalue weighted by Crippen LogP contribution is -2.42. The van der Waals surface area contributed by atoms with Crippen molar-refractivity contribution >= 4 is 17.2 Å². The van der Waals surface area contributed by atoms with Crippen LogP contribution in [-0.4, -0.2) is 41.5 Å². The van der Waals surface area contributed by atoms with E-state index < -0.39 is 0 Å². The summed E-state index contributed by atoms with van der Waals surface area (Å²) >= 11 is 1.62. The molecule has 0 saturated carbocycles. The standard InChI is InChI=1S/C18H23N3OS/c1-3-9-21(16-7-8-19-11-16)18(22)15-6-4-5-14(10-15)17-20-13(2)12-23-17/h4-6,10,12,16,19H,3,7-9,11H2,1-2H3. The summed E-state index contributed by atoms with van der Waals surface area (Å²) in [6.45, 7) is 6.82. The molecule has 1 amide bonds. The van der Waals surface area contributed by atoms with Crippen molar-refractivity contribution in [1.29, 1.82) is 0 Å². The Balaban J connectivity index is 1.85. The van der Waals surface area contributed by atoms with Crippen molar-refractivity contribution in [2.75, 3.05) is 19.6 Å². The van der Waals surface area contributed by atoms with E-state index in [1.807, 2.05) is 41.5 Å². The van der Waals surface area contributed by atoms with Crippen LogP contribution in [0.3, 0.4) is 0 Å². The van der Waals surface area contributed by atoms with Gasteiger partial charge in [-0.25, -0.2) is 4.98 Å². The quantitative estimate of drug-likeness (QED) is 0.915. The normalized spacial score (nSPS) is 17.4. The third-order valence-electron chi connectivity index (χ3n) is 4.18. The minimum Gasteiger partial charge on any atom is -0.334 e. The van der Waals surface area contributed by atoms with E-state index in [1.165, 1.54) is 0 Å². The summed E-state index contributed by atoms with van der Waals surface area (Å²) in [4.78, 5) is 19.5. The smallest absolute Gasteiger partial charge is 0.254 e. The number of hydrogen-bond acceptors (Lipinski definition) is 4. The molecule has 1 N–H and O–H groups in total. The molecule has 1 saturated heterocycles. The van der Waals surface area contributed by atoms with E-state index >= 15 is 0 Å². The van der Waals surface area contributed by atoms with Gasteiger partial charge in [0.05, 0.1) is 0 Å². The number of nitrogens with one attached hydrogen (secondary N) is 1. The number of aryl methyl sites for hydroxylation is 1. The number of thiazole rings is 1. The van der Waals surface area contributed by atoms with Gasteiger partial charge in [0.15, 0.2) is 0 Å². The topological polar surface area (TPSA) is 45.2 Å². The Morgan fingerprint density at radius 2 is 2.35 bits per heavy atom. The first-order valence-corrected chi connectivity index (χ1v) is 9.11. The maximum absolute atomic E-state index is 13.0. The van der Waals surface area contributed by atoms with Gasteiger partial charge in [-0.3, -0.25) is 4.79 Å². The molecular formula is C18H23N3OS. The number of hydrogen-bond donors (Lipinski definition) is 1. The average molecular weight is 329 g/mol. The van der Waals surface area contributed by atoms with Crippen LogP contribution in [0.5, 0.6) is 0 Å². The zero-order chi connectivity index (χ0) is 16.2. The average Bonchev–Trinajstić information content (AvgIpc) is 3.24. The SMILES string of the molecule is CCCN(C(=O)c1cccc(-c2nc(C)cs2)c1)C1CCNC1. The van der Waals surface area contributed by atoms with Crippen molar-refractivity contribution in [2.24, 2.45) is 0 Å². The summed E-state index contributed by atoms with van der Waals surface area (Å²) in [5, 5.41) is 6.37. The second kappa shape index (κ2) is 7.23. The molecule has 5 heteroatoms. The second-order valence-electron chi connectivity index (χ2n) is 6.02. The van der Waals surface area contributed by atoms with E-state index in [1.54, 1.807) is 11.3 Å². The van der Waals surface area contributed by atoms with Gasteiger partial charge in [-0.2, -0.15) is 0 Å². The third-order valence-corrected chi connectivity index (χ3v) is 5.19. The van der Waals surface area contributed by atoms with Gasteiger partial charge in [0.25, 0.3) is 5.91 Å². The van der Waals surface area contributed by atoms with Crippen molar-refractivity contribution in [3.05, 3.63) is 40.9 Å². The van der Waals surface area contributed by atoms with Crippen LogP contribution < -0.4 is 5.32 Å². The Kier molecular flexibility index (Phi) is 5.08. The lowest BCUT2D eigenvalue weighted by Gasteiger charge is -2.28. The molecule has 0 radical (unpaired) electrons. The van der Waals surface area contributed by atoms with Gasteiger partial charge in [-0.15, -0.1) is 11.3 Å². The largest absolute Gasteiger partial charge is 0.334 e. The molecule has 3 rings (SSSR count). The fourth-order valence-electron chi connectivity index (χ4n) is 3.03. The summed E-state index contributed by atoms with van der Waals surface area (Å²) in [6, 6.07) is 8.18. The van der Waals surface area contributed by atoms with Gasteiger partial charge >= 0.3 is 0 Å². The number of aromatic nitrogens is 1. The van der Waals surface area contributed by atoms with Gasteiger partial charge in [-0.1, -0.05) is 19.1 Å². The summed E-state index contributed by atoms with van der Waals surface area (Å²) < 4.78 is 0. The van der Waals surface area contributed by atoms with Crippen LogP contribution in [-0.2, 0) is 0 Å². The molecule has 23 heavy (non-hydrogen) atoms. The predicted molar refractivity (Wildman–Crippen MR) is 94.9 cm³/mol. The number of carbonyl (C=O) groups is 1. The maximum atomic E-state index is 13.0. The first kappa shape index (κ1) is 16.1. The second-order valence-corrected chi connectivity index (χ2v) is 6.88. The molecule has 2 aromatic rings. The van der Waals surface area contributed by atoms with Crippen LogP contribution in [0, 0.1) is 6.92 Å². The zero-order valence-electron chi connectivity index (χ0n) is 13.7. The van der Waals surface area contributed by atoms with Crippen molar-refractivity contribution < 1.29 is 4.79 Å². The molecule has 1 aliphatic heterocycles. The highest BCUT2D eigenvalue weighted by Crippen LogP contribution is 2.25. The highest BCUT2D eigenvalue weighted by atomic mass is 32.1. The molecule has 122 valence electrons. The highest BCUT2D eigenvalue weighted by molar-refractivity contribution is 7.13. The number of amides is 1. The molecular weight excluding hydrogens is 306 g/mol. The summed E-state index contributed by atoms with van der Waals surface area (Å²) in [5.74, 6) is 0.135. The first-order chi connectivity index (χ1) is 11.2. The lowest BCUT2D eigenvalue weighted by atomic mass is 10.1. The number of nitrogens with zero attached hydrogens (tertiary/aromatic N) is 2. The van der Waals surface area contributed by atoms with Gasteiger partial charge in [0, 0.05) is 41.3 Å². The Hall–Kier alpha value is -1.72. The Bertz CT molecular complexity index is 676. The summed E-state index contributed by atoms with van der Waals surface area (Å²) in [7, 11) is 0. The van der Waals surface area contributed by atoms with E-state index in [-0.39, 0.29) is 5.91 Å². The molecule has 2 heterocycles. The van der Waals surface area contributed by atoms with Gasteiger partial charge in [0.2, 0.25) is 0 Å². The Morgan fingerprint density at radius 3 is 3.00 bits per heavy atom. The van der Waals surface area contributed by atoms with Crippen molar-refractivity contribution in [2.45, 2.75) is 32.7 Å². The van der Waals surface area contributed by atoms with Gasteiger partial charge in [0.1, 0.15) is 5.01 Å². The molecule has 1 aromatic carbocycles. The van der Waals surface area contributed by atoms with E-state index in [4.69, 9.17) is 0 Å². The van der Waals surface area contributed by atoms with Crippen molar-refractivity contribution in [3.63, 3.8) is 0 Å². The van der Waals surface area contributed by atoms with Gasteiger partial charge in [-0.05, 0) is 38.4 Å². The fraction of sp³-hybridized carbons (Fsp3) is 0.444. The monoisotopic (exact) mass is 329 g/mol. The fourth-order valence-corrected chi connectivity index (χ4v) is 3.83. The lowest BCUT2D eigenvalue weighted by molar-refractivity contribution is 0.0692. The van der Waals surface area contributed by atoms with E-state index in [9.17, 15) is 4.79 Å². The van der Waals surface area contributed by atoms with Crippen molar-refractivity contribution in [1.82, 2.24) is 15.2 Å². The zero-order valence-corrected chi connectivity index (χ0v) is 14.5.